The maximum Gasteiger partial charge on any atom is 0.251 e. The van der Waals surface area contributed by atoms with Crippen molar-refractivity contribution in [2.75, 3.05) is 36.0 Å². The molecule has 0 aromatic heterocycles. The van der Waals surface area contributed by atoms with Crippen molar-refractivity contribution >= 4 is 81.4 Å². The molecule has 4 amide bonds. The number of benzene rings is 2. The highest BCUT2D eigenvalue weighted by molar-refractivity contribution is 6.36. The molecule has 36 heavy (non-hydrogen) atoms. The van der Waals surface area contributed by atoms with Crippen LogP contribution in [0.4, 0.5) is 11.4 Å². The Balaban J connectivity index is 1.25. The second-order valence-corrected chi connectivity index (χ2v) is 10.6. The minimum absolute atomic E-state index is 0.0487. The highest BCUT2D eigenvalue weighted by atomic mass is 35.5. The van der Waals surface area contributed by atoms with Crippen LogP contribution in [-0.4, -0.2) is 71.7 Å². The van der Waals surface area contributed by atoms with Crippen LogP contribution in [0.25, 0.3) is 0 Å². The number of halogens is 4. The zero-order valence-electron chi connectivity index (χ0n) is 18.8. The van der Waals surface area contributed by atoms with Gasteiger partial charge in [-0.2, -0.15) is 0 Å². The highest BCUT2D eigenvalue weighted by Gasteiger charge is 2.46. The van der Waals surface area contributed by atoms with Crippen molar-refractivity contribution in [2.45, 2.75) is 24.9 Å². The summed E-state index contributed by atoms with van der Waals surface area (Å²) in [4.78, 5) is 57.9. The van der Waals surface area contributed by atoms with E-state index in [2.05, 4.69) is 0 Å². The maximum atomic E-state index is 13.2. The normalized spacial score (nSPS) is 23.9. The lowest BCUT2D eigenvalue weighted by molar-refractivity contribution is -0.126. The molecular formula is C24H20Cl4N4O4. The first-order valence-electron chi connectivity index (χ1n) is 11.3. The molecule has 3 saturated heterocycles. The zero-order chi connectivity index (χ0) is 25.7. The van der Waals surface area contributed by atoms with Crippen molar-refractivity contribution in [3.8, 4) is 0 Å². The van der Waals surface area contributed by atoms with Crippen LogP contribution in [0.3, 0.4) is 0 Å². The van der Waals surface area contributed by atoms with Gasteiger partial charge < -0.3 is 0 Å². The van der Waals surface area contributed by atoms with Gasteiger partial charge in [0, 0.05) is 46.3 Å². The molecule has 2 aromatic rings. The Morgan fingerprint density at radius 3 is 1.14 bits per heavy atom. The molecule has 3 aliphatic rings. The fourth-order valence-corrected chi connectivity index (χ4v) is 6.07. The molecule has 0 N–H and O–H groups in total. The number of carbonyl (C=O) groups is 4. The van der Waals surface area contributed by atoms with E-state index in [-0.39, 0.29) is 36.5 Å². The number of imide groups is 2. The fourth-order valence-electron chi connectivity index (χ4n) is 5.04. The number of carbonyl (C=O) groups excluding carboxylic acids is 4. The van der Waals surface area contributed by atoms with Crippen LogP contribution in [0.5, 0.6) is 0 Å². The molecule has 188 valence electrons. The predicted octanol–water partition coefficient (Wildman–Crippen LogP) is 3.88. The number of rotatable bonds is 4. The molecule has 3 aliphatic heterocycles. The van der Waals surface area contributed by atoms with Crippen molar-refractivity contribution in [1.82, 2.24) is 9.80 Å². The predicted molar refractivity (Wildman–Crippen MR) is 138 cm³/mol. The van der Waals surface area contributed by atoms with Gasteiger partial charge in [0.25, 0.3) is 11.8 Å². The Labute approximate surface area is 227 Å². The van der Waals surface area contributed by atoms with Gasteiger partial charge >= 0.3 is 0 Å². The first-order chi connectivity index (χ1) is 17.1. The summed E-state index contributed by atoms with van der Waals surface area (Å²) in [5, 5.41) is 1.33. The molecule has 2 unspecified atom stereocenters. The van der Waals surface area contributed by atoms with Crippen molar-refractivity contribution in [3.63, 3.8) is 0 Å². The Morgan fingerprint density at radius 2 is 0.833 bits per heavy atom. The molecule has 2 aromatic carbocycles. The Bertz CT molecular complexity index is 1140. The summed E-state index contributed by atoms with van der Waals surface area (Å²) in [6.45, 7) is 1.87. The average Bonchev–Trinajstić information content (AvgIpc) is 3.26. The molecule has 0 spiro atoms. The summed E-state index contributed by atoms with van der Waals surface area (Å²) in [7, 11) is 0. The van der Waals surface area contributed by atoms with Gasteiger partial charge in [0.2, 0.25) is 11.8 Å². The minimum atomic E-state index is -0.608. The lowest BCUT2D eigenvalue weighted by Gasteiger charge is -2.38. The summed E-state index contributed by atoms with van der Waals surface area (Å²) in [5.74, 6) is -1.30. The van der Waals surface area contributed by atoms with E-state index in [0.717, 1.165) is 9.80 Å². The smallest absolute Gasteiger partial charge is 0.251 e. The second kappa shape index (κ2) is 9.93. The molecular weight excluding hydrogens is 550 g/mol. The second-order valence-electron chi connectivity index (χ2n) is 8.90. The van der Waals surface area contributed by atoms with E-state index in [9.17, 15) is 19.2 Å². The SMILES string of the molecule is O=C1CC(N2CCN(C3CC(=O)N(c4cc(Cl)cc(Cl)c4)C3=O)CC2)C(=O)N1c1cc(Cl)cc(Cl)c1. The Kier molecular flexibility index (Phi) is 7.02. The highest BCUT2D eigenvalue weighted by Crippen LogP contribution is 2.33. The summed E-state index contributed by atoms with van der Waals surface area (Å²) in [6, 6.07) is 7.98. The molecule has 0 aliphatic carbocycles. The van der Waals surface area contributed by atoms with E-state index >= 15 is 0 Å². The van der Waals surface area contributed by atoms with Gasteiger partial charge in [-0.25, -0.2) is 9.80 Å². The van der Waals surface area contributed by atoms with Gasteiger partial charge in [0.05, 0.1) is 36.3 Å². The third-order valence-electron chi connectivity index (χ3n) is 6.69. The lowest BCUT2D eigenvalue weighted by Crippen LogP contribution is -2.56. The molecule has 5 rings (SSSR count). The molecule has 8 nitrogen and oxygen atoms in total. The molecule has 12 heteroatoms. The summed E-state index contributed by atoms with van der Waals surface area (Å²) >= 11 is 24.2. The van der Waals surface area contributed by atoms with Crippen molar-refractivity contribution < 1.29 is 19.2 Å². The standard InChI is InChI=1S/C24H20Cl4N4O4/c25-13-5-14(26)8-17(7-13)31-21(33)11-19(23(31)35)29-1-2-30(4-3-29)20-12-22(34)32(24(20)36)18-9-15(27)6-16(28)10-18/h5-10,19-20H,1-4,11-12H2. The van der Waals surface area contributed by atoms with E-state index in [1.807, 2.05) is 9.80 Å². The van der Waals surface area contributed by atoms with Gasteiger partial charge in [-0.15, -0.1) is 0 Å². The number of hydrogen-bond acceptors (Lipinski definition) is 6. The van der Waals surface area contributed by atoms with Crippen molar-refractivity contribution in [1.29, 1.82) is 0 Å². The van der Waals surface area contributed by atoms with Gasteiger partial charge in [-0.3, -0.25) is 29.0 Å². The number of piperazine rings is 1. The topological polar surface area (TPSA) is 81.2 Å². The van der Waals surface area contributed by atoms with Crippen LogP contribution < -0.4 is 9.80 Å². The maximum absolute atomic E-state index is 13.2. The monoisotopic (exact) mass is 568 g/mol. The fraction of sp³-hybridized carbons (Fsp3) is 0.333. The summed E-state index contributed by atoms with van der Waals surface area (Å²) in [6.07, 6.45) is 0.0974. The van der Waals surface area contributed by atoms with Crippen LogP contribution in [0, 0.1) is 0 Å². The molecule has 0 radical (unpaired) electrons. The summed E-state index contributed by atoms with van der Waals surface area (Å²) in [5.41, 5.74) is 0.694. The van der Waals surface area contributed by atoms with Gasteiger partial charge in [0.15, 0.2) is 0 Å². The lowest BCUT2D eigenvalue weighted by atomic mass is 10.1. The number of nitrogens with zero attached hydrogens (tertiary/aromatic N) is 4. The van der Waals surface area contributed by atoms with Crippen LogP contribution >= 0.6 is 46.4 Å². The molecule has 0 bridgehead atoms. The van der Waals surface area contributed by atoms with E-state index < -0.39 is 12.1 Å². The largest absolute Gasteiger partial charge is 0.289 e. The van der Waals surface area contributed by atoms with Crippen molar-refractivity contribution in [3.05, 3.63) is 56.5 Å². The third kappa shape index (κ3) is 4.74. The molecule has 3 heterocycles. The zero-order valence-corrected chi connectivity index (χ0v) is 21.8. The van der Waals surface area contributed by atoms with Gasteiger partial charge in [-0.1, -0.05) is 46.4 Å². The van der Waals surface area contributed by atoms with Crippen molar-refractivity contribution in [2.24, 2.45) is 0 Å². The third-order valence-corrected chi connectivity index (χ3v) is 7.56. The molecule has 0 saturated carbocycles. The summed E-state index contributed by atoms with van der Waals surface area (Å²) < 4.78 is 0. The number of anilines is 2. The first-order valence-corrected chi connectivity index (χ1v) is 12.8. The van der Waals surface area contributed by atoms with Gasteiger partial charge in [-0.05, 0) is 36.4 Å². The average molecular weight is 570 g/mol. The van der Waals surface area contributed by atoms with Gasteiger partial charge in [0.1, 0.15) is 0 Å². The molecule has 2 atom stereocenters. The quantitative estimate of drug-likeness (QED) is 0.520. The van der Waals surface area contributed by atoms with E-state index in [4.69, 9.17) is 46.4 Å². The number of amides is 4. The van der Waals surface area contributed by atoms with E-state index in [1.165, 1.54) is 36.4 Å². The van der Waals surface area contributed by atoms with Crippen LogP contribution in [0.2, 0.25) is 20.1 Å². The Morgan fingerprint density at radius 1 is 0.528 bits per heavy atom. The van der Waals surface area contributed by atoms with Crippen LogP contribution in [0.1, 0.15) is 12.8 Å². The first kappa shape index (κ1) is 25.4. The number of hydrogen-bond donors (Lipinski definition) is 0. The minimum Gasteiger partial charge on any atom is -0.289 e. The van der Waals surface area contributed by atoms with E-state index in [0.29, 0.717) is 57.6 Å². The van der Waals surface area contributed by atoms with Crippen LogP contribution in [0.15, 0.2) is 36.4 Å². The molecule has 3 fully saturated rings. The van der Waals surface area contributed by atoms with E-state index in [1.54, 1.807) is 0 Å². The van der Waals surface area contributed by atoms with Crippen LogP contribution in [-0.2, 0) is 19.2 Å². The Hall–Kier alpha value is -2.20.